The van der Waals surface area contributed by atoms with Gasteiger partial charge in [-0.2, -0.15) is 0 Å². The van der Waals surface area contributed by atoms with E-state index in [1.54, 1.807) is 0 Å². The van der Waals surface area contributed by atoms with E-state index in [-0.39, 0.29) is 39.0 Å². The molecule has 2 aromatic rings. The molecule has 4 aliphatic rings. The molecule has 2 aromatic carbocycles. The summed E-state index contributed by atoms with van der Waals surface area (Å²) in [5, 5.41) is 18.9. The van der Waals surface area contributed by atoms with E-state index in [0.717, 1.165) is 88.2 Å². The van der Waals surface area contributed by atoms with Crippen molar-refractivity contribution < 1.29 is 39.0 Å². The number of nitrogens with zero attached hydrogens (tertiary/aromatic N) is 6. The molecule has 0 N–H and O–H groups in total. The van der Waals surface area contributed by atoms with E-state index in [4.69, 9.17) is 21.3 Å². The molecule has 0 aromatic heterocycles. The van der Waals surface area contributed by atoms with Gasteiger partial charge in [-0.15, -0.1) is 73.3 Å². The summed E-state index contributed by atoms with van der Waals surface area (Å²) < 4.78 is 0. The van der Waals surface area contributed by atoms with E-state index in [2.05, 4.69) is 131 Å². The standard InChI is InChI=1S/C38H40N6.2Zn/c1-5-19-39-35(15-1)27-43(28-36-16-2-6-20-40-36)25-31-11-9-13-33(23-31)34-14-10-12-32(24-34)26-44(29-37-17-3-7-21-41-37)30-38-18-4-8-22-42-38;;/h1-18,23-24H,19-22,25-30H2;;/q-4;2*+2. The van der Waals surface area contributed by atoms with Crippen LogP contribution in [0.1, 0.15) is 11.1 Å². The molecule has 4 aliphatic heterocycles. The van der Waals surface area contributed by atoms with Gasteiger partial charge in [0.05, 0.1) is 0 Å². The van der Waals surface area contributed by atoms with Crippen LogP contribution in [0.15, 0.2) is 144 Å². The number of benzene rings is 2. The molecule has 0 aliphatic carbocycles. The van der Waals surface area contributed by atoms with Gasteiger partial charge in [-0.1, -0.05) is 85.0 Å². The molecule has 0 saturated heterocycles. The number of rotatable bonds is 13. The van der Waals surface area contributed by atoms with Gasteiger partial charge in [0.1, 0.15) is 0 Å². The largest absolute Gasteiger partial charge is 2.00 e. The van der Waals surface area contributed by atoms with E-state index in [9.17, 15) is 0 Å². The summed E-state index contributed by atoms with van der Waals surface area (Å²) in [6, 6.07) is 17.9. The maximum atomic E-state index is 4.72. The Bertz CT molecular complexity index is 1360. The summed E-state index contributed by atoms with van der Waals surface area (Å²) in [6.45, 7) is 7.87. The Balaban J connectivity index is 0.00000240. The predicted octanol–water partition coefficient (Wildman–Crippen LogP) is 8.26. The van der Waals surface area contributed by atoms with Gasteiger partial charge in [-0.05, 0) is 34.4 Å². The van der Waals surface area contributed by atoms with Crippen LogP contribution in [0.25, 0.3) is 32.4 Å². The van der Waals surface area contributed by atoms with Crippen molar-refractivity contribution in [2.24, 2.45) is 0 Å². The van der Waals surface area contributed by atoms with Crippen molar-refractivity contribution in [3.63, 3.8) is 0 Å². The third-order valence-corrected chi connectivity index (χ3v) is 7.84. The molecular weight excluding hydrogens is 671 g/mol. The van der Waals surface area contributed by atoms with Gasteiger partial charge in [-0.3, -0.25) is 9.80 Å². The Labute approximate surface area is 300 Å². The quantitative estimate of drug-likeness (QED) is 0.197. The molecule has 0 spiro atoms. The summed E-state index contributed by atoms with van der Waals surface area (Å²) in [6.07, 6.45) is 25.3. The van der Waals surface area contributed by atoms with Gasteiger partial charge < -0.3 is 21.3 Å². The molecule has 8 heteroatoms. The van der Waals surface area contributed by atoms with Crippen molar-refractivity contribution in [3.8, 4) is 11.1 Å². The molecule has 0 radical (unpaired) electrons. The molecular formula is C38H40N6Zn2. The van der Waals surface area contributed by atoms with Crippen LogP contribution in [-0.2, 0) is 52.0 Å². The number of hydrogen-bond acceptors (Lipinski definition) is 2. The Kier molecular flexibility index (Phi) is 14.5. The van der Waals surface area contributed by atoms with Crippen LogP contribution < -0.4 is 0 Å². The molecule has 0 unspecified atom stereocenters. The molecule has 6 nitrogen and oxygen atoms in total. The van der Waals surface area contributed by atoms with Gasteiger partial charge in [0.2, 0.25) is 0 Å². The van der Waals surface area contributed by atoms with Crippen LogP contribution in [0.4, 0.5) is 0 Å². The Morgan fingerprint density at radius 3 is 1.04 bits per heavy atom. The first-order valence-electron chi connectivity index (χ1n) is 15.5. The van der Waals surface area contributed by atoms with Gasteiger partial charge in [0.25, 0.3) is 0 Å². The van der Waals surface area contributed by atoms with Crippen molar-refractivity contribution in [2.45, 2.75) is 13.1 Å². The molecule has 46 heavy (non-hydrogen) atoms. The first-order valence-corrected chi connectivity index (χ1v) is 15.5. The average Bonchev–Trinajstić information content (AvgIpc) is 3.07. The van der Waals surface area contributed by atoms with Gasteiger partial charge in [0, 0.05) is 39.3 Å². The molecule has 226 valence electrons. The minimum Gasteiger partial charge on any atom is -0.684 e. The maximum absolute atomic E-state index is 4.72. The predicted molar refractivity (Wildman–Crippen MR) is 184 cm³/mol. The fourth-order valence-electron chi connectivity index (χ4n) is 5.73. The number of allylic oxidation sites excluding steroid dienone is 8. The molecule has 0 amide bonds. The first-order chi connectivity index (χ1) is 21.8. The fraction of sp³-hybridized carbons (Fsp3) is 0.263. The smallest absolute Gasteiger partial charge is 0.684 e. The van der Waals surface area contributed by atoms with Crippen LogP contribution in [0.5, 0.6) is 0 Å². The van der Waals surface area contributed by atoms with Gasteiger partial charge in [-0.25, -0.2) is 0 Å². The zero-order chi connectivity index (χ0) is 29.8. The molecule has 6 rings (SSSR count). The van der Waals surface area contributed by atoms with Crippen molar-refractivity contribution in [3.05, 3.63) is 177 Å². The maximum Gasteiger partial charge on any atom is 2.00 e. The second kappa shape index (κ2) is 18.8. The SMILES string of the molecule is C1=CC[N-]C(CN(CC2=CC=CC[N-]2)Cc2cccc(-c3cccc(CN(CC4=CC=CC[N-]4)CC4=CC=CC[N-]4)c3)c2)=C1.[Zn+2].[Zn+2]. The molecule has 4 heterocycles. The third kappa shape index (κ3) is 10.9. The van der Waals surface area contributed by atoms with Crippen molar-refractivity contribution in [2.75, 3.05) is 52.4 Å². The molecule has 0 bridgehead atoms. The van der Waals surface area contributed by atoms with Crippen LogP contribution in [-0.4, -0.2) is 62.2 Å². The van der Waals surface area contributed by atoms with E-state index in [1.807, 2.05) is 0 Å². The summed E-state index contributed by atoms with van der Waals surface area (Å²) in [4.78, 5) is 4.88. The van der Waals surface area contributed by atoms with Crippen LogP contribution >= 0.6 is 0 Å². The zero-order valence-corrected chi connectivity index (χ0v) is 32.6. The average molecular weight is 712 g/mol. The van der Waals surface area contributed by atoms with E-state index in [1.165, 1.54) is 22.3 Å². The van der Waals surface area contributed by atoms with Gasteiger partial charge in [0.15, 0.2) is 0 Å². The summed E-state index contributed by atoms with van der Waals surface area (Å²) in [5.41, 5.74) is 9.51. The van der Waals surface area contributed by atoms with E-state index >= 15 is 0 Å². The minimum absolute atomic E-state index is 0. The second-order valence-electron chi connectivity index (χ2n) is 11.4. The summed E-state index contributed by atoms with van der Waals surface area (Å²) in [7, 11) is 0. The zero-order valence-electron chi connectivity index (χ0n) is 26.7. The molecule has 0 atom stereocenters. The first kappa shape index (κ1) is 35.6. The van der Waals surface area contributed by atoms with Crippen LogP contribution in [0.3, 0.4) is 0 Å². The van der Waals surface area contributed by atoms with Crippen molar-refractivity contribution in [1.29, 1.82) is 0 Å². The summed E-state index contributed by atoms with van der Waals surface area (Å²) in [5.74, 6) is 0. The van der Waals surface area contributed by atoms with Crippen LogP contribution in [0, 0.1) is 0 Å². The minimum atomic E-state index is 0. The fourth-order valence-corrected chi connectivity index (χ4v) is 5.73. The van der Waals surface area contributed by atoms with Gasteiger partial charge >= 0.3 is 39.0 Å². The van der Waals surface area contributed by atoms with Crippen LogP contribution in [0.2, 0.25) is 0 Å². The molecule has 0 saturated carbocycles. The number of hydrogen-bond donors (Lipinski definition) is 0. The third-order valence-electron chi connectivity index (χ3n) is 7.84. The summed E-state index contributed by atoms with van der Waals surface area (Å²) >= 11 is 0. The molecule has 0 fully saturated rings. The van der Waals surface area contributed by atoms with E-state index < -0.39 is 0 Å². The van der Waals surface area contributed by atoms with E-state index in [0.29, 0.717) is 0 Å². The Morgan fingerprint density at radius 2 is 0.761 bits per heavy atom. The Hall–Kier alpha value is -3.27. The van der Waals surface area contributed by atoms with Crippen molar-refractivity contribution >= 4 is 0 Å². The topological polar surface area (TPSA) is 62.9 Å². The monoisotopic (exact) mass is 708 g/mol. The second-order valence-corrected chi connectivity index (χ2v) is 11.4. The normalized spacial score (nSPS) is 16.5. The van der Waals surface area contributed by atoms with Crippen molar-refractivity contribution in [1.82, 2.24) is 9.80 Å². The Morgan fingerprint density at radius 1 is 0.435 bits per heavy atom.